The highest BCUT2D eigenvalue weighted by atomic mass is 16.6. The summed E-state index contributed by atoms with van der Waals surface area (Å²) in [5, 5.41) is 9.45. The van der Waals surface area contributed by atoms with Gasteiger partial charge in [-0.1, -0.05) is 36.4 Å². The van der Waals surface area contributed by atoms with Crippen molar-refractivity contribution in [2.45, 2.75) is 52.9 Å². The van der Waals surface area contributed by atoms with Gasteiger partial charge in [0.05, 0.1) is 6.61 Å². The number of aliphatic imine (C=N–C) groups is 1. The largest absolute Gasteiger partial charge is 0.444 e. The van der Waals surface area contributed by atoms with Crippen molar-refractivity contribution >= 4 is 17.7 Å². The third-order valence-corrected chi connectivity index (χ3v) is 4.56. The monoisotopic (exact) mass is 440 g/mol. The molecule has 2 aromatic carbocycles. The maximum atomic E-state index is 11.9. The fraction of sp³-hybridized carbons (Fsp3) is 0.440. The Morgan fingerprint density at radius 3 is 2.31 bits per heavy atom. The van der Waals surface area contributed by atoms with Crippen LogP contribution in [0, 0.1) is 0 Å². The van der Waals surface area contributed by atoms with E-state index < -0.39 is 11.7 Å². The quantitative estimate of drug-likeness (QED) is 0.396. The number of guanidine groups is 1. The van der Waals surface area contributed by atoms with E-state index in [1.807, 2.05) is 64.1 Å². The zero-order chi connectivity index (χ0) is 23.4. The summed E-state index contributed by atoms with van der Waals surface area (Å²) < 4.78 is 10.8. The summed E-state index contributed by atoms with van der Waals surface area (Å²) >= 11 is 0. The van der Waals surface area contributed by atoms with E-state index in [0.717, 1.165) is 24.5 Å². The molecule has 0 radical (unpaired) electrons. The van der Waals surface area contributed by atoms with E-state index >= 15 is 0 Å². The predicted molar refractivity (Wildman–Crippen MR) is 130 cm³/mol. The lowest BCUT2D eigenvalue weighted by Gasteiger charge is -2.19. The molecule has 174 valence electrons. The van der Waals surface area contributed by atoms with Crippen molar-refractivity contribution in [3.63, 3.8) is 0 Å². The topological polar surface area (TPSA) is 84.0 Å². The van der Waals surface area contributed by atoms with Gasteiger partial charge in [-0.2, -0.15) is 0 Å². The molecule has 0 fully saturated rings. The summed E-state index contributed by atoms with van der Waals surface area (Å²) in [6.45, 7) is 10.2. The third kappa shape index (κ3) is 9.39. The molecule has 3 N–H and O–H groups in total. The first-order valence-electron chi connectivity index (χ1n) is 11.0. The normalized spacial score (nSPS) is 11.7. The number of carbonyl (C=O) groups excluding carboxylic acids is 1. The van der Waals surface area contributed by atoms with E-state index in [1.165, 1.54) is 11.1 Å². The van der Waals surface area contributed by atoms with Gasteiger partial charge in [0, 0.05) is 32.4 Å². The van der Waals surface area contributed by atoms with Crippen LogP contribution < -0.4 is 16.0 Å². The number of anilines is 1. The Morgan fingerprint density at radius 2 is 1.69 bits per heavy atom. The molecule has 0 bridgehead atoms. The minimum absolute atomic E-state index is 0.454. The lowest BCUT2D eigenvalue weighted by Crippen LogP contribution is -2.38. The molecule has 1 amide bonds. The van der Waals surface area contributed by atoms with E-state index in [1.54, 1.807) is 7.05 Å². The Balaban J connectivity index is 1.78. The number of rotatable bonds is 9. The zero-order valence-electron chi connectivity index (χ0n) is 19.8. The Hall–Kier alpha value is -3.06. The molecule has 0 aromatic heterocycles. The van der Waals surface area contributed by atoms with E-state index in [0.29, 0.717) is 25.4 Å². The second kappa shape index (κ2) is 12.7. The molecule has 0 spiro atoms. The van der Waals surface area contributed by atoms with Crippen LogP contribution in [-0.2, 0) is 29.0 Å². The fourth-order valence-corrected chi connectivity index (χ4v) is 2.98. The van der Waals surface area contributed by atoms with Crippen molar-refractivity contribution < 1.29 is 14.3 Å². The lowest BCUT2D eigenvalue weighted by molar-refractivity contribution is 0.0636. The van der Waals surface area contributed by atoms with Crippen molar-refractivity contribution in [2.24, 2.45) is 4.99 Å². The highest BCUT2D eigenvalue weighted by molar-refractivity contribution is 5.84. The third-order valence-electron chi connectivity index (χ3n) is 4.56. The van der Waals surface area contributed by atoms with Crippen molar-refractivity contribution in [1.29, 1.82) is 0 Å². The van der Waals surface area contributed by atoms with E-state index in [-0.39, 0.29) is 0 Å². The van der Waals surface area contributed by atoms with Crippen LogP contribution in [0.5, 0.6) is 0 Å². The van der Waals surface area contributed by atoms with Gasteiger partial charge in [-0.05, 0) is 62.9 Å². The van der Waals surface area contributed by atoms with Crippen LogP contribution in [0.15, 0.2) is 53.5 Å². The minimum Gasteiger partial charge on any atom is -0.444 e. The second-order valence-electron chi connectivity index (χ2n) is 8.33. The molecule has 0 aliphatic carbocycles. The second-order valence-corrected chi connectivity index (χ2v) is 8.33. The Kier molecular flexibility index (Phi) is 10.0. The van der Waals surface area contributed by atoms with Crippen LogP contribution in [0.1, 0.15) is 44.4 Å². The van der Waals surface area contributed by atoms with Gasteiger partial charge in [-0.25, -0.2) is 4.79 Å². The van der Waals surface area contributed by atoms with E-state index in [4.69, 9.17) is 9.47 Å². The average Bonchev–Trinajstić information content (AvgIpc) is 2.75. The van der Waals surface area contributed by atoms with Crippen molar-refractivity contribution in [1.82, 2.24) is 10.6 Å². The van der Waals surface area contributed by atoms with E-state index in [9.17, 15) is 4.79 Å². The summed E-state index contributed by atoms with van der Waals surface area (Å²) in [4.78, 5) is 16.2. The first-order chi connectivity index (χ1) is 15.3. The average molecular weight is 441 g/mol. The molecule has 7 heteroatoms. The Morgan fingerprint density at radius 1 is 1.00 bits per heavy atom. The van der Waals surface area contributed by atoms with Gasteiger partial charge >= 0.3 is 6.09 Å². The molecule has 0 saturated heterocycles. The van der Waals surface area contributed by atoms with Crippen LogP contribution >= 0.6 is 0 Å². The molecule has 0 atom stereocenters. The van der Waals surface area contributed by atoms with Crippen LogP contribution in [0.25, 0.3) is 0 Å². The lowest BCUT2D eigenvalue weighted by atomic mass is 10.1. The first kappa shape index (κ1) is 25.2. The highest BCUT2D eigenvalue weighted by Gasteiger charge is 2.16. The van der Waals surface area contributed by atoms with Crippen molar-refractivity contribution in [3.8, 4) is 0 Å². The van der Waals surface area contributed by atoms with Gasteiger partial charge in [-0.15, -0.1) is 0 Å². The standard InChI is InChI=1S/C25H36N4O3/c1-6-31-18-21-10-8-7-9-20(21)17-28-23(26-5)27-16-15-19-11-13-22(14-12-19)29-24(30)32-25(2,3)4/h7-14H,6,15-18H2,1-5H3,(H,29,30)(H2,26,27,28). The van der Waals surface area contributed by atoms with Crippen molar-refractivity contribution in [3.05, 3.63) is 65.2 Å². The van der Waals surface area contributed by atoms with Gasteiger partial charge in [-0.3, -0.25) is 10.3 Å². The number of amides is 1. The molecule has 7 nitrogen and oxygen atoms in total. The molecule has 0 saturated carbocycles. The van der Waals surface area contributed by atoms with Gasteiger partial charge in [0.25, 0.3) is 0 Å². The number of carbonyl (C=O) groups is 1. The minimum atomic E-state index is -0.520. The summed E-state index contributed by atoms with van der Waals surface area (Å²) in [7, 11) is 1.76. The Labute approximate surface area is 191 Å². The summed E-state index contributed by atoms with van der Waals surface area (Å²) in [6.07, 6.45) is 0.374. The van der Waals surface area contributed by atoms with Crippen LogP contribution in [0.2, 0.25) is 0 Å². The summed E-state index contributed by atoms with van der Waals surface area (Å²) in [6, 6.07) is 16.0. The number of ether oxygens (including phenoxy) is 2. The Bertz CT molecular complexity index is 874. The summed E-state index contributed by atoms with van der Waals surface area (Å²) in [5.74, 6) is 0.749. The van der Waals surface area contributed by atoms with Gasteiger partial charge in [0.1, 0.15) is 5.60 Å². The molecular weight excluding hydrogens is 404 g/mol. The van der Waals surface area contributed by atoms with Gasteiger partial charge < -0.3 is 20.1 Å². The maximum Gasteiger partial charge on any atom is 0.412 e. The molecule has 32 heavy (non-hydrogen) atoms. The van der Waals surface area contributed by atoms with Crippen LogP contribution in [0.4, 0.5) is 10.5 Å². The van der Waals surface area contributed by atoms with Crippen LogP contribution in [-0.4, -0.2) is 37.9 Å². The van der Waals surface area contributed by atoms with Crippen molar-refractivity contribution in [2.75, 3.05) is 25.5 Å². The van der Waals surface area contributed by atoms with Crippen LogP contribution in [0.3, 0.4) is 0 Å². The number of hydrogen-bond donors (Lipinski definition) is 3. The number of hydrogen-bond acceptors (Lipinski definition) is 4. The molecule has 0 aliphatic heterocycles. The van der Waals surface area contributed by atoms with E-state index in [2.05, 4.69) is 33.1 Å². The first-order valence-corrected chi connectivity index (χ1v) is 11.0. The molecular formula is C25H36N4O3. The molecule has 0 heterocycles. The molecule has 0 aliphatic rings. The predicted octanol–water partition coefficient (Wildman–Crippen LogP) is 4.48. The molecule has 2 rings (SSSR count). The number of nitrogens with zero attached hydrogens (tertiary/aromatic N) is 1. The smallest absolute Gasteiger partial charge is 0.412 e. The molecule has 2 aromatic rings. The number of benzene rings is 2. The maximum absolute atomic E-state index is 11.9. The number of nitrogens with one attached hydrogen (secondary N) is 3. The summed E-state index contributed by atoms with van der Waals surface area (Å²) in [5.41, 5.74) is 3.71. The zero-order valence-corrected chi connectivity index (χ0v) is 19.8. The van der Waals surface area contributed by atoms with Gasteiger partial charge in [0.15, 0.2) is 5.96 Å². The molecule has 0 unspecified atom stereocenters. The SMILES string of the molecule is CCOCc1ccccc1CNC(=NC)NCCc1ccc(NC(=O)OC(C)(C)C)cc1. The van der Waals surface area contributed by atoms with Gasteiger partial charge in [0.2, 0.25) is 0 Å². The fourth-order valence-electron chi connectivity index (χ4n) is 2.98. The highest BCUT2D eigenvalue weighted by Crippen LogP contribution is 2.13.